The molecule has 0 unspecified atom stereocenters. The maximum Gasteiger partial charge on any atom is 0.269 e. The van der Waals surface area contributed by atoms with Crippen molar-refractivity contribution in [3.8, 4) is 0 Å². The van der Waals surface area contributed by atoms with Crippen molar-refractivity contribution < 1.29 is 13.2 Å². The van der Waals surface area contributed by atoms with Crippen molar-refractivity contribution in [2.75, 3.05) is 12.3 Å². The van der Waals surface area contributed by atoms with Crippen LogP contribution in [0.15, 0.2) is 6.07 Å². The summed E-state index contributed by atoms with van der Waals surface area (Å²) in [5.41, 5.74) is 1.19. The van der Waals surface area contributed by atoms with Crippen molar-refractivity contribution in [3.63, 3.8) is 0 Å². The molecule has 0 aliphatic heterocycles. The first kappa shape index (κ1) is 13.7. The minimum atomic E-state index is -3.46. The van der Waals surface area contributed by atoms with E-state index in [0.29, 0.717) is 12.1 Å². The number of nitrogens with one attached hydrogen (secondary N) is 1. The number of sulfonamides is 1. The second-order valence-electron chi connectivity index (χ2n) is 3.77. The van der Waals surface area contributed by atoms with Crippen molar-refractivity contribution in [3.05, 3.63) is 17.5 Å². The predicted octanol–water partition coefficient (Wildman–Crippen LogP) is -0.863. The first-order valence-corrected chi connectivity index (χ1v) is 6.80. The molecule has 3 N–H and O–H groups in total. The van der Waals surface area contributed by atoms with Crippen LogP contribution in [-0.4, -0.2) is 36.4 Å². The van der Waals surface area contributed by atoms with Crippen LogP contribution in [-0.2, 0) is 17.1 Å². The topological polar surface area (TPSA) is 107 Å². The second-order valence-corrected chi connectivity index (χ2v) is 5.50. The number of nitrogens with zero attached hydrogens (tertiary/aromatic N) is 2. The summed E-state index contributed by atoms with van der Waals surface area (Å²) in [5, 5.41) is 11.5. The molecular weight excluding hydrogens is 244 g/mol. The molecule has 17 heavy (non-hydrogen) atoms. The van der Waals surface area contributed by atoms with Crippen LogP contribution in [0.4, 0.5) is 0 Å². The molecule has 1 heterocycles. The van der Waals surface area contributed by atoms with E-state index in [1.54, 1.807) is 20.0 Å². The maximum atomic E-state index is 11.7. The van der Waals surface area contributed by atoms with Crippen LogP contribution in [0.3, 0.4) is 0 Å². The molecule has 0 atom stereocenters. The highest BCUT2D eigenvalue weighted by Gasteiger charge is 2.11. The lowest BCUT2D eigenvalue weighted by Crippen LogP contribution is -2.28. The number of amides is 1. The van der Waals surface area contributed by atoms with E-state index in [4.69, 9.17) is 5.14 Å². The highest BCUT2D eigenvalue weighted by atomic mass is 32.2. The van der Waals surface area contributed by atoms with Gasteiger partial charge in [0.15, 0.2) is 0 Å². The number of hydrogen-bond acceptors (Lipinski definition) is 4. The van der Waals surface area contributed by atoms with Gasteiger partial charge >= 0.3 is 0 Å². The zero-order chi connectivity index (χ0) is 13.1. The van der Waals surface area contributed by atoms with Gasteiger partial charge < -0.3 is 5.32 Å². The summed E-state index contributed by atoms with van der Waals surface area (Å²) >= 11 is 0. The van der Waals surface area contributed by atoms with Gasteiger partial charge in [-0.15, -0.1) is 0 Å². The summed E-state index contributed by atoms with van der Waals surface area (Å²) in [6, 6.07) is 1.66. The van der Waals surface area contributed by atoms with E-state index in [1.807, 2.05) is 0 Å². The Labute approximate surface area is 100 Å². The third-order valence-corrected chi connectivity index (χ3v) is 2.98. The Kier molecular flexibility index (Phi) is 4.24. The minimum Gasteiger partial charge on any atom is -0.351 e. The Morgan fingerprint density at radius 1 is 1.59 bits per heavy atom. The van der Waals surface area contributed by atoms with Gasteiger partial charge in [0.2, 0.25) is 10.0 Å². The lowest BCUT2D eigenvalue weighted by molar-refractivity contribution is 0.0944. The van der Waals surface area contributed by atoms with Gasteiger partial charge in [-0.05, 0) is 19.4 Å². The van der Waals surface area contributed by atoms with Crippen molar-refractivity contribution >= 4 is 15.9 Å². The molecule has 0 saturated carbocycles. The summed E-state index contributed by atoms with van der Waals surface area (Å²) in [4.78, 5) is 11.7. The number of primary sulfonamides is 1. The fourth-order valence-electron chi connectivity index (χ4n) is 1.39. The average molecular weight is 260 g/mol. The van der Waals surface area contributed by atoms with Crippen LogP contribution < -0.4 is 10.5 Å². The number of aromatic nitrogens is 2. The zero-order valence-corrected chi connectivity index (χ0v) is 10.6. The average Bonchev–Trinajstić information content (AvgIpc) is 2.51. The monoisotopic (exact) mass is 260 g/mol. The Balaban J connectivity index is 2.43. The highest BCUT2D eigenvalue weighted by molar-refractivity contribution is 7.89. The SMILES string of the molecule is Cc1cc(C(=O)NCCCS(N)(=O)=O)n(C)n1. The van der Waals surface area contributed by atoms with Gasteiger partial charge in [0.1, 0.15) is 5.69 Å². The van der Waals surface area contributed by atoms with Crippen molar-refractivity contribution in [1.82, 2.24) is 15.1 Å². The first-order chi connectivity index (χ1) is 7.79. The summed E-state index contributed by atoms with van der Waals surface area (Å²) in [6.45, 7) is 2.05. The first-order valence-electron chi connectivity index (χ1n) is 5.09. The Bertz CT molecular complexity index is 506. The molecule has 0 aliphatic rings. The van der Waals surface area contributed by atoms with Crippen LogP contribution >= 0.6 is 0 Å². The summed E-state index contributed by atoms with van der Waals surface area (Å²) < 4.78 is 22.8. The van der Waals surface area contributed by atoms with Gasteiger partial charge in [-0.3, -0.25) is 9.48 Å². The predicted molar refractivity (Wildman–Crippen MR) is 62.9 cm³/mol. The number of carbonyl (C=O) groups is 1. The third-order valence-electron chi connectivity index (χ3n) is 2.13. The third kappa shape index (κ3) is 4.53. The Morgan fingerprint density at radius 3 is 2.71 bits per heavy atom. The molecule has 1 aromatic heterocycles. The van der Waals surface area contributed by atoms with Gasteiger partial charge in [0, 0.05) is 13.6 Å². The fraction of sp³-hybridized carbons (Fsp3) is 0.556. The van der Waals surface area contributed by atoms with E-state index in [2.05, 4.69) is 10.4 Å². The molecule has 1 amide bonds. The molecule has 1 aromatic rings. The smallest absolute Gasteiger partial charge is 0.269 e. The van der Waals surface area contributed by atoms with Gasteiger partial charge in [-0.1, -0.05) is 0 Å². The quantitative estimate of drug-likeness (QED) is 0.671. The molecule has 0 saturated heterocycles. The van der Waals surface area contributed by atoms with Gasteiger partial charge in [-0.25, -0.2) is 13.6 Å². The number of nitrogens with two attached hydrogens (primary N) is 1. The number of rotatable bonds is 5. The summed E-state index contributed by atoms with van der Waals surface area (Å²) in [7, 11) is -1.79. The molecular formula is C9H16N4O3S. The molecule has 0 bridgehead atoms. The lowest BCUT2D eigenvalue weighted by Gasteiger charge is -2.04. The lowest BCUT2D eigenvalue weighted by atomic mass is 10.3. The molecule has 0 fully saturated rings. The van der Waals surface area contributed by atoms with Gasteiger partial charge in [-0.2, -0.15) is 5.10 Å². The van der Waals surface area contributed by atoms with E-state index in [-0.39, 0.29) is 18.2 Å². The summed E-state index contributed by atoms with van der Waals surface area (Å²) in [6.07, 6.45) is 0.293. The van der Waals surface area contributed by atoms with E-state index in [0.717, 1.165) is 5.69 Å². The molecule has 7 nitrogen and oxygen atoms in total. The van der Waals surface area contributed by atoms with E-state index >= 15 is 0 Å². The number of aryl methyl sites for hydroxylation is 2. The van der Waals surface area contributed by atoms with Crippen LogP contribution in [0, 0.1) is 6.92 Å². The molecule has 96 valence electrons. The van der Waals surface area contributed by atoms with Crippen molar-refractivity contribution in [2.45, 2.75) is 13.3 Å². The standard InChI is InChI=1S/C9H16N4O3S/c1-7-6-8(13(2)12-7)9(14)11-4-3-5-17(10,15)16/h6H,3-5H2,1-2H3,(H,11,14)(H2,10,15,16). The van der Waals surface area contributed by atoms with Crippen LogP contribution in [0.25, 0.3) is 0 Å². The molecule has 0 aromatic carbocycles. The molecule has 0 spiro atoms. The largest absolute Gasteiger partial charge is 0.351 e. The van der Waals surface area contributed by atoms with Crippen LogP contribution in [0.1, 0.15) is 22.6 Å². The fourth-order valence-corrected chi connectivity index (χ4v) is 1.94. The Hall–Kier alpha value is -1.41. The van der Waals surface area contributed by atoms with Gasteiger partial charge in [0.25, 0.3) is 5.91 Å². The van der Waals surface area contributed by atoms with E-state index in [9.17, 15) is 13.2 Å². The molecule has 0 aliphatic carbocycles. The summed E-state index contributed by atoms with van der Waals surface area (Å²) in [5.74, 6) is -0.417. The second kappa shape index (κ2) is 5.28. The maximum absolute atomic E-state index is 11.7. The van der Waals surface area contributed by atoms with Crippen molar-refractivity contribution in [1.29, 1.82) is 0 Å². The number of hydrogen-bond donors (Lipinski definition) is 2. The molecule has 8 heteroatoms. The highest BCUT2D eigenvalue weighted by Crippen LogP contribution is 2.01. The minimum absolute atomic E-state index is 0.141. The van der Waals surface area contributed by atoms with Gasteiger partial charge in [0.05, 0.1) is 11.4 Å². The Morgan fingerprint density at radius 2 is 2.24 bits per heavy atom. The van der Waals surface area contributed by atoms with Crippen molar-refractivity contribution in [2.24, 2.45) is 12.2 Å². The number of carbonyl (C=O) groups excluding carboxylic acids is 1. The molecule has 0 radical (unpaired) electrons. The zero-order valence-electron chi connectivity index (χ0n) is 9.80. The van der Waals surface area contributed by atoms with E-state index < -0.39 is 10.0 Å². The van der Waals surface area contributed by atoms with Crippen LogP contribution in [0.2, 0.25) is 0 Å². The van der Waals surface area contributed by atoms with Crippen LogP contribution in [0.5, 0.6) is 0 Å². The molecule has 1 rings (SSSR count). The normalized spacial score (nSPS) is 11.5. The van der Waals surface area contributed by atoms with E-state index in [1.165, 1.54) is 4.68 Å².